The molecule has 0 bridgehead atoms. The highest BCUT2D eigenvalue weighted by Gasteiger charge is 2.18. The Hall–Kier alpha value is -2.12. The van der Waals surface area contributed by atoms with Gasteiger partial charge >= 0.3 is 0 Å². The minimum atomic E-state index is 0.493. The van der Waals surface area contributed by atoms with Gasteiger partial charge in [-0.2, -0.15) is 5.10 Å². The molecule has 0 saturated carbocycles. The molecule has 0 atom stereocenters. The number of aromatic nitrogens is 4. The highest BCUT2D eigenvalue weighted by molar-refractivity contribution is 8.00. The minimum absolute atomic E-state index is 0.493. The topological polar surface area (TPSA) is 66.9 Å². The molecule has 7 heteroatoms. The van der Waals surface area contributed by atoms with Crippen LogP contribution in [0.15, 0.2) is 35.5 Å². The van der Waals surface area contributed by atoms with E-state index < -0.39 is 0 Å². The van der Waals surface area contributed by atoms with Gasteiger partial charge in [0, 0.05) is 41.0 Å². The predicted molar refractivity (Wildman–Crippen MR) is 101 cm³/mol. The number of nitrogens with one attached hydrogen (secondary N) is 1. The van der Waals surface area contributed by atoms with E-state index in [0.29, 0.717) is 5.25 Å². The van der Waals surface area contributed by atoms with Crippen LogP contribution in [0.5, 0.6) is 0 Å². The standard InChI is InChI=1S/C18H21N5OS/c1-12(2)25-15-11-16(23-7-9-24-10-8-23)21-17-13(15)3-5-19-18(17)14-4-6-20-22-14/h3-6,11-12H,7-10H2,1-2H3,(H,20,22). The number of hydrogen-bond donors (Lipinski definition) is 1. The van der Waals surface area contributed by atoms with Crippen LogP contribution in [0.25, 0.3) is 22.3 Å². The lowest BCUT2D eigenvalue weighted by Crippen LogP contribution is -2.36. The molecular weight excluding hydrogens is 334 g/mol. The highest BCUT2D eigenvalue weighted by atomic mass is 32.2. The summed E-state index contributed by atoms with van der Waals surface area (Å²) in [5.41, 5.74) is 2.65. The van der Waals surface area contributed by atoms with Crippen molar-refractivity contribution in [3.05, 3.63) is 30.6 Å². The number of morpholine rings is 1. The molecule has 1 aliphatic rings. The molecule has 6 nitrogen and oxygen atoms in total. The summed E-state index contributed by atoms with van der Waals surface area (Å²) in [6.07, 6.45) is 3.59. The second kappa shape index (κ2) is 7.01. The summed E-state index contributed by atoms with van der Waals surface area (Å²) < 4.78 is 5.49. The number of H-pyrrole nitrogens is 1. The molecule has 0 spiro atoms. The molecule has 0 radical (unpaired) electrons. The maximum atomic E-state index is 5.49. The van der Waals surface area contributed by atoms with Gasteiger partial charge < -0.3 is 9.64 Å². The molecule has 1 saturated heterocycles. The third kappa shape index (κ3) is 3.34. The average molecular weight is 355 g/mol. The molecule has 0 unspecified atom stereocenters. The largest absolute Gasteiger partial charge is 0.378 e. The smallest absolute Gasteiger partial charge is 0.130 e. The lowest BCUT2D eigenvalue weighted by molar-refractivity contribution is 0.122. The van der Waals surface area contributed by atoms with Gasteiger partial charge in [0.15, 0.2) is 0 Å². The van der Waals surface area contributed by atoms with Gasteiger partial charge in [0.25, 0.3) is 0 Å². The SMILES string of the molecule is CC(C)Sc1cc(N2CCOCC2)nc2c(-c3ccn[nH]3)nccc12. The molecule has 0 aromatic carbocycles. The Labute approximate surface area is 151 Å². The molecule has 0 amide bonds. The van der Waals surface area contributed by atoms with Crippen LogP contribution in [-0.4, -0.2) is 51.7 Å². The summed E-state index contributed by atoms with van der Waals surface area (Å²) in [6, 6.07) is 6.19. The first-order valence-electron chi connectivity index (χ1n) is 8.51. The van der Waals surface area contributed by atoms with Crippen molar-refractivity contribution in [3.8, 4) is 11.4 Å². The van der Waals surface area contributed by atoms with Crippen molar-refractivity contribution in [1.29, 1.82) is 0 Å². The number of hydrogen-bond acceptors (Lipinski definition) is 6. The monoisotopic (exact) mass is 355 g/mol. The number of thioether (sulfide) groups is 1. The Morgan fingerprint density at radius 3 is 2.76 bits per heavy atom. The fourth-order valence-corrected chi connectivity index (χ4v) is 3.97. The number of pyridine rings is 2. The van der Waals surface area contributed by atoms with E-state index in [4.69, 9.17) is 9.72 Å². The van der Waals surface area contributed by atoms with Crippen LogP contribution in [0.3, 0.4) is 0 Å². The number of rotatable bonds is 4. The van der Waals surface area contributed by atoms with Crippen molar-refractivity contribution >= 4 is 28.5 Å². The summed E-state index contributed by atoms with van der Waals surface area (Å²) in [6.45, 7) is 7.64. The first-order chi connectivity index (χ1) is 12.2. The highest BCUT2D eigenvalue weighted by Crippen LogP contribution is 2.36. The molecule has 4 rings (SSSR count). The third-order valence-electron chi connectivity index (χ3n) is 4.13. The van der Waals surface area contributed by atoms with Crippen LogP contribution >= 0.6 is 11.8 Å². The van der Waals surface area contributed by atoms with E-state index in [1.807, 2.05) is 24.0 Å². The summed E-state index contributed by atoms with van der Waals surface area (Å²) in [7, 11) is 0. The third-order valence-corrected chi connectivity index (χ3v) is 5.19. The van der Waals surface area contributed by atoms with Crippen molar-refractivity contribution in [1.82, 2.24) is 20.2 Å². The lowest BCUT2D eigenvalue weighted by Gasteiger charge is -2.28. The first-order valence-corrected chi connectivity index (χ1v) is 9.39. The Morgan fingerprint density at radius 1 is 1.20 bits per heavy atom. The van der Waals surface area contributed by atoms with Gasteiger partial charge in [-0.15, -0.1) is 11.8 Å². The molecule has 3 aromatic heterocycles. The minimum Gasteiger partial charge on any atom is -0.378 e. The van der Waals surface area contributed by atoms with Crippen LogP contribution in [0.2, 0.25) is 0 Å². The summed E-state index contributed by atoms with van der Waals surface area (Å²) in [4.78, 5) is 13.1. The molecule has 130 valence electrons. The average Bonchev–Trinajstić information content (AvgIpc) is 3.16. The van der Waals surface area contributed by atoms with E-state index >= 15 is 0 Å². The zero-order valence-corrected chi connectivity index (χ0v) is 15.2. The van der Waals surface area contributed by atoms with Crippen LogP contribution in [0, 0.1) is 0 Å². The van der Waals surface area contributed by atoms with E-state index in [-0.39, 0.29) is 0 Å². The Bertz CT molecular complexity index is 859. The van der Waals surface area contributed by atoms with Gasteiger partial charge in [0.2, 0.25) is 0 Å². The van der Waals surface area contributed by atoms with Gasteiger partial charge in [-0.3, -0.25) is 10.1 Å². The summed E-state index contributed by atoms with van der Waals surface area (Å²) in [5.74, 6) is 0.993. The van der Waals surface area contributed by atoms with Crippen molar-refractivity contribution in [2.45, 2.75) is 24.0 Å². The maximum absolute atomic E-state index is 5.49. The lowest BCUT2D eigenvalue weighted by atomic mass is 10.1. The fraction of sp³-hybridized carbons (Fsp3) is 0.389. The second-order valence-corrected chi connectivity index (χ2v) is 7.89. The number of nitrogens with zero attached hydrogens (tertiary/aromatic N) is 4. The van der Waals surface area contributed by atoms with Crippen molar-refractivity contribution < 1.29 is 4.74 Å². The van der Waals surface area contributed by atoms with E-state index in [9.17, 15) is 0 Å². The van der Waals surface area contributed by atoms with Crippen LogP contribution in [0.4, 0.5) is 5.82 Å². The van der Waals surface area contributed by atoms with Crippen molar-refractivity contribution in [2.75, 3.05) is 31.2 Å². The van der Waals surface area contributed by atoms with E-state index in [1.165, 1.54) is 4.90 Å². The van der Waals surface area contributed by atoms with Gasteiger partial charge in [0.1, 0.15) is 17.0 Å². The van der Waals surface area contributed by atoms with E-state index in [0.717, 1.165) is 54.4 Å². The zero-order chi connectivity index (χ0) is 17.2. The Kier molecular flexibility index (Phi) is 4.59. The molecule has 4 heterocycles. The number of anilines is 1. The van der Waals surface area contributed by atoms with Crippen LogP contribution in [-0.2, 0) is 4.74 Å². The van der Waals surface area contributed by atoms with Crippen LogP contribution < -0.4 is 4.90 Å². The second-order valence-electron chi connectivity index (χ2n) is 6.27. The molecule has 3 aromatic rings. The molecule has 1 N–H and O–H groups in total. The molecule has 0 aliphatic carbocycles. The van der Waals surface area contributed by atoms with E-state index in [1.54, 1.807) is 6.20 Å². The Morgan fingerprint density at radius 2 is 2.04 bits per heavy atom. The fourth-order valence-electron chi connectivity index (χ4n) is 3.00. The van der Waals surface area contributed by atoms with E-state index in [2.05, 4.69) is 46.1 Å². The molecular formula is C18H21N5OS. The molecule has 25 heavy (non-hydrogen) atoms. The maximum Gasteiger partial charge on any atom is 0.130 e. The normalized spacial score (nSPS) is 15.2. The number of ether oxygens (including phenoxy) is 1. The van der Waals surface area contributed by atoms with Gasteiger partial charge in [0.05, 0.1) is 18.9 Å². The van der Waals surface area contributed by atoms with Crippen molar-refractivity contribution in [3.63, 3.8) is 0 Å². The summed E-state index contributed by atoms with van der Waals surface area (Å²) >= 11 is 1.86. The van der Waals surface area contributed by atoms with Crippen LogP contribution in [0.1, 0.15) is 13.8 Å². The Balaban J connectivity index is 1.90. The number of aromatic amines is 1. The first kappa shape index (κ1) is 16.4. The quantitative estimate of drug-likeness (QED) is 0.724. The predicted octanol–water partition coefficient (Wildman–Crippen LogP) is 3.36. The molecule has 1 aliphatic heterocycles. The van der Waals surface area contributed by atoms with Gasteiger partial charge in [-0.05, 0) is 18.2 Å². The zero-order valence-electron chi connectivity index (χ0n) is 14.4. The van der Waals surface area contributed by atoms with Crippen molar-refractivity contribution in [2.24, 2.45) is 0 Å². The molecule has 1 fully saturated rings. The number of fused-ring (bicyclic) bond motifs is 1. The van der Waals surface area contributed by atoms with Gasteiger partial charge in [-0.1, -0.05) is 13.8 Å². The van der Waals surface area contributed by atoms with Gasteiger partial charge in [-0.25, -0.2) is 4.98 Å². The summed E-state index contributed by atoms with van der Waals surface area (Å²) in [5, 5.41) is 8.70.